The zero-order chi connectivity index (χ0) is 13.8. The van der Waals surface area contributed by atoms with Gasteiger partial charge in [-0.15, -0.1) is 0 Å². The van der Waals surface area contributed by atoms with Gasteiger partial charge in [-0.25, -0.2) is 0 Å². The van der Waals surface area contributed by atoms with Crippen molar-refractivity contribution in [2.75, 3.05) is 19.6 Å². The Kier molecular flexibility index (Phi) is 4.83. The van der Waals surface area contributed by atoms with Crippen LogP contribution >= 0.6 is 0 Å². The number of benzene rings is 1. The van der Waals surface area contributed by atoms with Crippen molar-refractivity contribution in [1.82, 2.24) is 10.2 Å². The van der Waals surface area contributed by atoms with Crippen molar-refractivity contribution >= 4 is 0 Å². The number of aryl methyl sites for hydroxylation is 2. The van der Waals surface area contributed by atoms with Gasteiger partial charge in [0.15, 0.2) is 0 Å². The molecule has 0 aromatic heterocycles. The standard InChI is InChI=1S/C16H26N2O/c1-4-18-7-5-6-15(11-18)17-10-14-8-12(2)16(19)13(3)9-14/h8-9,15,17,19H,4-7,10-11H2,1-3H3. The molecule has 0 spiro atoms. The monoisotopic (exact) mass is 262 g/mol. The van der Waals surface area contributed by atoms with Crippen molar-refractivity contribution in [2.45, 2.75) is 46.2 Å². The summed E-state index contributed by atoms with van der Waals surface area (Å²) in [5.41, 5.74) is 3.20. The number of hydrogen-bond donors (Lipinski definition) is 2. The van der Waals surface area contributed by atoms with Crippen LogP contribution < -0.4 is 5.32 Å². The molecular weight excluding hydrogens is 236 g/mol. The number of phenols is 1. The second-order valence-electron chi connectivity index (χ2n) is 5.69. The fourth-order valence-electron chi connectivity index (χ4n) is 2.92. The molecule has 1 unspecified atom stereocenters. The number of nitrogens with one attached hydrogen (secondary N) is 1. The molecule has 1 atom stereocenters. The largest absolute Gasteiger partial charge is 0.507 e. The summed E-state index contributed by atoms with van der Waals surface area (Å²) >= 11 is 0. The van der Waals surface area contributed by atoms with Gasteiger partial charge < -0.3 is 15.3 Å². The number of rotatable bonds is 4. The Balaban J connectivity index is 1.91. The minimum Gasteiger partial charge on any atom is -0.507 e. The fourth-order valence-corrected chi connectivity index (χ4v) is 2.92. The molecule has 0 bridgehead atoms. The minimum absolute atomic E-state index is 0.429. The highest BCUT2D eigenvalue weighted by Gasteiger charge is 2.18. The van der Waals surface area contributed by atoms with Crippen molar-refractivity contribution in [3.8, 4) is 5.75 Å². The Labute approximate surface area is 116 Å². The Bertz CT molecular complexity index is 408. The first-order valence-electron chi connectivity index (χ1n) is 7.35. The molecule has 2 rings (SSSR count). The third-order valence-corrected chi connectivity index (χ3v) is 4.10. The molecule has 0 saturated carbocycles. The Morgan fingerprint density at radius 2 is 2.00 bits per heavy atom. The molecule has 0 amide bonds. The molecule has 1 fully saturated rings. The molecule has 1 saturated heterocycles. The fraction of sp³-hybridized carbons (Fsp3) is 0.625. The van der Waals surface area contributed by atoms with E-state index in [9.17, 15) is 5.11 Å². The third-order valence-electron chi connectivity index (χ3n) is 4.10. The number of piperidine rings is 1. The summed E-state index contributed by atoms with van der Waals surface area (Å²) in [6.45, 7) is 10.6. The lowest BCUT2D eigenvalue weighted by Gasteiger charge is -2.32. The lowest BCUT2D eigenvalue weighted by Crippen LogP contribution is -2.45. The van der Waals surface area contributed by atoms with Gasteiger partial charge in [-0.1, -0.05) is 19.1 Å². The van der Waals surface area contributed by atoms with Crippen LogP contribution in [-0.2, 0) is 6.54 Å². The second-order valence-corrected chi connectivity index (χ2v) is 5.69. The SMILES string of the molecule is CCN1CCCC(NCc2cc(C)c(O)c(C)c2)C1. The Morgan fingerprint density at radius 1 is 1.32 bits per heavy atom. The number of phenolic OH excluding ortho intramolecular Hbond substituents is 1. The summed E-state index contributed by atoms with van der Waals surface area (Å²) in [6.07, 6.45) is 2.56. The average molecular weight is 262 g/mol. The van der Waals surface area contributed by atoms with E-state index in [2.05, 4.69) is 29.3 Å². The molecule has 0 aliphatic carbocycles. The van der Waals surface area contributed by atoms with Crippen LogP contribution in [0.3, 0.4) is 0 Å². The van der Waals surface area contributed by atoms with Crippen LogP contribution in [0.15, 0.2) is 12.1 Å². The van der Waals surface area contributed by atoms with E-state index in [4.69, 9.17) is 0 Å². The van der Waals surface area contributed by atoms with Crippen LogP contribution in [0.5, 0.6) is 5.75 Å². The highest BCUT2D eigenvalue weighted by Crippen LogP contribution is 2.23. The number of likely N-dealkylation sites (tertiary alicyclic amines) is 1. The predicted molar refractivity (Wildman–Crippen MR) is 79.6 cm³/mol. The van der Waals surface area contributed by atoms with Gasteiger partial charge >= 0.3 is 0 Å². The van der Waals surface area contributed by atoms with Crippen LogP contribution in [0.25, 0.3) is 0 Å². The van der Waals surface area contributed by atoms with Crippen molar-refractivity contribution in [1.29, 1.82) is 0 Å². The number of nitrogens with zero attached hydrogens (tertiary/aromatic N) is 1. The molecular formula is C16H26N2O. The van der Waals surface area contributed by atoms with E-state index in [1.165, 1.54) is 24.9 Å². The molecule has 106 valence electrons. The van der Waals surface area contributed by atoms with Crippen molar-refractivity contribution in [3.05, 3.63) is 28.8 Å². The van der Waals surface area contributed by atoms with Gasteiger partial charge in [0.1, 0.15) is 5.75 Å². The van der Waals surface area contributed by atoms with E-state index in [1.54, 1.807) is 0 Å². The first kappa shape index (κ1) is 14.4. The van der Waals surface area contributed by atoms with Gasteiger partial charge in [0, 0.05) is 19.1 Å². The normalized spacial score (nSPS) is 20.7. The quantitative estimate of drug-likeness (QED) is 0.875. The average Bonchev–Trinajstić information content (AvgIpc) is 2.42. The summed E-state index contributed by atoms with van der Waals surface area (Å²) in [5, 5.41) is 13.4. The van der Waals surface area contributed by atoms with Gasteiger partial charge in [0.05, 0.1) is 0 Å². The molecule has 0 radical (unpaired) electrons. The highest BCUT2D eigenvalue weighted by atomic mass is 16.3. The van der Waals surface area contributed by atoms with E-state index in [-0.39, 0.29) is 0 Å². The molecule has 3 nitrogen and oxygen atoms in total. The smallest absolute Gasteiger partial charge is 0.121 e. The van der Waals surface area contributed by atoms with Gasteiger partial charge in [0.2, 0.25) is 0 Å². The van der Waals surface area contributed by atoms with Crippen LogP contribution in [-0.4, -0.2) is 35.7 Å². The van der Waals surface area contributed by atoms with Crippen LogP contribution in [0.4, 0.5) is 0 Å². The van der Waals surface area contributed by atoms with Crippen LogP contribution in [0.1, 0.15) is 36.5 Å². The van der Waals surface area contributed by atoms with Gasteiger partial charge in [-0.3, -0.25) is 0 Å². The second kappa shape index (κ2) is 6.40. The van der Waals surface area contributed by atoms with E-state index in [0.29, 0.717) is 11.8 Å². The molecule has 1 heterocycles. The van der Waals surface area contributed by atoms with Gasteiger partial charge in [0.25, 0.3) is 0 Å². The summed E-state index contributed by atoms with van der Waals surface area (Å²) < 4.78 is 0. The molecule has 1 aliphatic rings. The summed E-state index contributed by atoms with van der Waals surface area (Å²) in [6, 6.07) is 4.76. The van der Waals surface area contributed by atoms with Crippen molar-refractivity contribution in [3.63, 3.8) is 0 Å². The van der Waals surface area contributed by atoms with Gasteiger partial charge in [-0.05, 0) is 56.5 Å². The zero-order valence-corrected chi connectivity index (χ0v) is 12.4. The van der Waals surface area contributed by atoms with E-state index in [1.807, 2.05) is 13.8 Å². The summed E-state index contributed by atoms with van der Waals surface area (Å²) in [5.74, 6) is 0.429. The topological polar surface area (TPSA) is 35.5 Å². The van der Waals surface area contributed by atoms with E-state index < -0.39 is 0 Å². The Hall–Kier alpha value is -1.06. The maximum absolute atomic E-state index is 9.79. The zero-order valence-electron chi connectivity index (χ0n) is 12.4. The molecule has 1 aromatic rings. The molecule has 19 heavy (non-hydrogen) atoms. The van der Waals surface area contributed by atoms with Crippen LogP contribution in [0.2, 0.25) is 0 Å². The number of hydrogen-bond acceptors (Lipinski definition) is 3. The van der Waals surface area contributed by atoms with Gasteiger partial charge in [-0.2, -0.15) is 0 Å². The van der Waals surface area contributed by atoms with Crippen LogP contribution in [0, 0.1) is 13.8 Å². The Morgan fingerprint density at radius 3 is 2.63 bits per heavy atom. The predicted octanol–water partition coefficient (Wildman–Crippen LogP) is 2.58. The number of aromatic hydroxyl groups is 1. The lowest BCUT2D eigenvalue weighted by atomic mass is 10.0. The molecule has 1 aliphatic heterocycles. The first-order valence-corrected chi connectivity index (χ1v) is 7.35. The first-order chi connectivity index (χ1) is 9.10. The molecule has 1 aromatic carbocycles. The third kappa shape index (κ3) is 3.71. The van der Waals surface area contributed by atoms with Crippen molar-refractivity contribution < 1.29 is 5.11 Å². The molecule has 3 heteroatoms. The minimum atomic E-state index is 0.429. The lowest BCUT2D eigenvalue weighted by molar-refractivity contribution is 0.198. The maximum Gasteiger partial charge on any atom is 0.121 e. The number of likely N-dealkylation sites (N-methyl/N-ethyl adjacent to an activating group) is 1. The van der Waals surface area contributed by atoms with Crippen molar-refractivity contribution in [2.24, 2.45) is 0 Å². The maximum atomic E-state index is 9.79. The molecule has 2 N–H and O–H groups in total. The van der Waals surface area contributed by atoms with E-state index in [0.717, 1.165) is 30.8 Å². The summed E-state index contributed by atoms with van der Waals surface area (Å²) in [7, 11) is 0. The summed E-state index contributed by atoms with van der Waals surface area (Å²) in [4.78, 5) is 2.51. The van der Waals surface area contributed by atoms with E-state index >= 15 is 0 Å². The highest BCUT2D eigenvalue weighted by molar-refractivity contribution is 5.42.